The van der Waals surface area contributed by atoms with Crippen molar-refractivity contribution in [1.29, 1.82) is 0 Å². The van der Waals surface area contributed by atoms with E-state index in [-0.39, 0.29) is 18.3 Å². The number of allylic oxidation sites excluding steroid dienone is 4. The summed E-state index contributed by atoms with van der Waals surface area (Å²) >= 11 is -5.25. The molecule has 1 aliphatic rings. The van der Waals surface area contributed by atoms with Gasteiger partial charge in [-0.1, -0.05) is 0 Å². The average molecular weight is 478 g/mol. The molecule has 0 bridgehead atoms. The van der Waals surface area contributed by atoms with Crippen LogP contribution in [-0.2, 0) is 30.0 Å². The van der Waals surface area contributed by atoms with Crippen LogP contribution in [0.2, 0.25) is 11.5 Å². The normalized spacial score (nSPS) is 21.2. The predicted octanol–water partition coefficient (Wildman–Crippen LogP) is 5.57. The van der Waals surface area contributed by atoms with Gasteiger partial charge in [-0.3, -0.25) is 0 Å². The standard InChI is InChI=1S/C7H11Ge.3C4H9O.Zr/c1-8(2)7-5-3-4-6-7;3*1-3-4(2)5;/h3,5,8H,4H2,1-2H3;3*4H,3H2,1-2H3;/q;3*-1;+3. The van der Waals surface area contributed by atoms with Crippen LogP contribution in [0.1, 0.15) is 67.2 Å². The second-order valence-electron chi connectivity index (χ2n) is 7.26. The van der Waals surface area contributed by atoms with E-state index in [2.05, 4.69) is 65.2 Å². The van der Waals surface area contributed by atoms with Crippen LogP contribution in [0.5, 0.6) is 0 Å². The molecular weight excluding hydrogens is 440 g/mol. The van der Waals surface area contributed by atoms with E-state index in [0.717, 1.165) is 25.7 Å². The molecule has 0 aromatic rings. The maximum atomic E-state index is 6.69. The molecule has 0 N–H and O–H groups in total. The predicted molar refractivity (Wildman–Crippen MR) is 102 cm³/mol. The molecule has 0 aromatic heterocycles. The molecular formula is C19H38GeO3Zr. The number of hydrogen-bond acceptors (Lipinski definition) is 3. The topological polar surface area (TPSA) is 27.7 Å². The average Bonchev–Trinajstić information content (AvgIpc) is 3.04. The molecule has 0 fully saturated rings. The Balaban J connectivity index is 3.35. The summed E-state index contributed by atoms with van der Waals surface area (Å²) < 4.78 is 23.1. The van der Waals surface area contributed by atoms with Gasteiger partial charge in [0.1, 0.15) is 0 Å². The van der Waals surface area contributed by atoms with Crippen molar-refractivity contribution in [3.8, 4) is 0 Å². The maximum absolute atomic E-state index is 6.69. The molecule has 0 aliphatic heterocycles. The SMILES string of the molecule is CCC(C)[O][Zr]([O]C(C)CC)([O]C(C)CC)[C]1=[C]([GeH]([CH3])[CH3])C=CC1. The second-order valence-corrected chi connectivity index (χ2v) is 19.4. The van der Waals surface area contributed by atoms with Crippen LogP contribution in [-0.4, -0.2) is 32.7 Å². The van der Waals surface area contributed by atoms with Gasteiger partial charge in [0.05, 0.1) is 0 Å². The third-order valence-electron chi connectivity index (χ3n) is 4.75. The van der Waals surface area contributed by atoms with Crippen molar-refractivity contribution in [1.82, 2.24) is 0 Å². The minimum absolute atomic E-state index is 0.183. The van der Waals surface area contributed by atoms with Crippen molar-refractivity contribution in [3.05, 3.63) is 19.8 Å². The Morgan fingerprint density at radius 1 is 0.917 bits per heavy atom. The van der Waals surface area contributed by atoms with E-state index >= 15 is 0 Å². The Bertz CT molecular complexity index is 417. The fourth-order valence-electron chi connectivity index (χ4n) is 2.71. The molecule has 140 valence electrons. The summed E-state index contributed by atoms with van der Waals surface area (Å²) in [5.41, 5.74) is 0. The van der Waals surface area contributed by atoms with E-state index in [0.29, 0.717) is 0 Å². The first-order valence-corrected chi connectivity index (χ1v) is 20.0. The van der Waals surface area contributed by atoms with E-state index in [1.165, 1.54) is 3.28 Å². The van der Waals surface area contributed by atoms with Crippen LogP contribution < -0.4 is 0 Å². The van der Waals surface area contributed by atoms with E-state index in [1.54, 1.807) is 4.41 Å². The zero-order chi connectivity index (χ0) is 18.3. The van der Waals surface area contributed by atoms with Crippen molar-refractivity contribution in [2.75, 3.05) is 0 Å². The molecule has 0 amide bonds. The summed E-state index contributed by atoms with van der Waals surface area (Å²) in [7, 11) is 0. The van der Waals surface area contributed by atoms with Gasteiger partial charge in [-0.05, 0) is 0 Å². The molecule has 0 spiro atoms. The first-order valence-electron chi connectivity index (χ1n) is 9.72. The van der Waals surface area contributed by atoms with Crippen LogP contribution in [0.15, 0.2) is 19.8 Å². The summed E-state index contributed by atoms with van der Waals surface area (Å²) in [4.78, 5) is 0. The van der Waals surface area contributed by atoms with Crippen LogP contribution in [0.3, 0.4) is 0 Å². The van der Waals surface area contributed by atoms with Crippen molar-refractivity contribution in [2.45, 2.75) is 97.1 Å². The molecule has 24 heavy (non-hydrogen) atoms. The van der Waals surface area contributed by atoms with Gasteiger partial charge >= 0.3 is 161 Å². The molecule has 0 heterocycles. The van der Waals surface area contributed by atoms with E-state index in [1.807, 2.05) is 0 Å². The molecule has 3 nitrogen and oxygen atoms in total. The summed E-state index contributed by atoms with van der Waals surface area (Å²) in [6.07, 6.45) is 9.13. The van der Waals surface area contributed by atoms with E-state index in [9.17, 15) is 0 Å². The molecule has 5 heteroatoms. The third-order valence-corrected chi connectivity index (χ3v) is 18.3. The molecule has 0 saturated carbocycles. The Hall–Kier alpha value is 0.786. The summed E-state index contributed by atoms with van der Waals surface area (Å²) in [5.74, 6) is 4.87. The van der Waals surface area contributed by atoms with Crippen molar-refractivity contribution in [2.24, 2.45) is 0 Å². The fraction of sp³-hybridized carbons (Fsp3) is 0.789. The zero-order valence-electron chi connectivity index (χ0n) is 17.0. The molecule has 1 aliphatic carbocycles. The van der Waals surface area contributed by atoms with Crippen molar-refractivity contribution < 1.29 is 30.0 Å². The monoisotopic (exact) mass is 478 g/mol. The van der Waals surface area contributed by atoms with Gasteiger partial charge in [-0.15, -0.1) is 0 Å². The number of hydrogen-bond donors (Lipinski definition) is 0. The fourth-order valence-corrected chi connectivity index (χ4v) is 20.0. The van der Waals surface area contributed by atoms with Crippen LogP contribution >= 0.6 is 0 Å². The summed E-state index contributed by atoms with van der Waals surface area (Å²) in [6, 6.07) is 0. The molecule has 0 radical (unpaired) electrons. The van der Waals surface area contributed by atoms with Crippen molar-refractivity contribution in [3.63, 3.8) is 0 Å². The Morgan fingerprint density at radius 3 is 1.67 bits per heavy atom. The summed E-state index contributed by atoms with van der Waals surface area (Å²) in [5, 5.41) is 0. The summed E-state index contributed by atoms with van der Waals surface area (Å²) in [6.45, 7) is 13.0. The Morgan fingerprint density at radius 2 is 1.33 bits per heavy atom. The Labute approximate surface area is 160 Å². The molecule has 3 unspecified atom stereocenters. The van der Waals surface area contributed by atoms with Crippen molar-refractivity contribution >= 4 is 14.3 Å². The second kappa shape index (κ2) is 10.8. The van der Waals surface area contributed by atoms with Crippen LogP contribution in [0.25, 0.3) is 0 Å². The van der Waals surface area contributed by atoms with E-state index < -0.39 is 35.9 Å². The van der Waals surface area contributed by atoms with Gasteiger partial charge in [-0.25, -0.2) is 0 Å². The van der Waals surface area contributed by atoms with E-state index in [4.69, 9.17) is 8.44 Å². The van der Waals surface area contributed by atoms with Gasteiger partial charge in [-0.2, -0.15) is 0 Å². The van der Waals surface area contributed by atoms with Gasteiger partial charge in [0.25, 0.3) is 0 Å². The molecule has 1 rings (SSSR count). The van der Waals surface area contributed by atoms with Gasteiger partial charge in [0, 0.05) is 0 Å². The van der Waals surface area contributed by atoms with Crippen LogP contribution in [0.4, 0.5) is 0 Å². The van der Waals surface area contributed by atoms with Gasteiger partial charge < -0.3 is 0 Å². The Kier molecular flexibility index (Phi) is 10.3. The zero-order valence-corrected chi connectivity index (χ0v) is 21.9. The van der Waals surface area contributed by atoms with Gasteiger partial charge in [0.2, 0.25) is 0 Å². The van der Waals surface area contributed by atoms with Crippen LogP contribution in [0, 0.1) is 0 Å². The van der Waals surface area contributed by atoms with Gasteiger partial charge in [0.15, 0.2) is 0 Å². The quantitative estimate of drug-likeness (QED) is 0.364. The minimum atomic E-state index is -3.82. The first-order chi connectivity index (χ1) is 11.3. The molecule has 0 aromatic carbocycles. The molecule has 3 atom stereocenters. The third kappa shape index (κ3) is 6.19. The number of rotatable bonds is 11. The first kappa shape index (κ1) is 22.8. The molecule has 0 saturated heterocycles.